The van der Waals surface area contributed by atoms with Gasteiger partial charge in [0.25, 0.3) is 0 Å². The van der Waals surface area contributed by atoms with Gasteiger partial charge in [-0.1, -0.05) is 13.3 Å². The van der Waals surface area contributed by atoms with Gasteiger partial charge in [0, 0.05) is 6.54 Å². The lowest BCUT2D eigenvalue weighted by molar-refractivity contribution is 0.261. The van der Waals surface area contributed by atoms with Crippen molar-refractivity contribution >= 4 is 0 Å². The monoisotopic (exact) mass is 283 g/mol. The number of nitrogens with one attached hydrogen (secondary N) is 1. The molecule has 108 valence electrons. The van der Waals surface area contributed by atoms with Crippen LogP contribution in [-0.2, 0) is 0 Å². The molecule has 0 aliphatic carbocycles. The highest BCUT2D eigenvalue weighted by Crippen LogP contribution is 2.28. The minimum absolute atomic E-state index is 0.192. The molecule has 0 spiro atoms. The Kier molecular flexibility index (Phi) is 6.01. The standard InChI is InChI=1S/C12H14F5NO/c1-2-3-4-18-5-6-19-12-10(16)8(14)7(13)9(15)11(12)17/h18H,2-6H2,1H3. The molecule has 0 amide bonds. The largest absolute Gasteiger partial charge is 0.486 e. The molecule has 0 aliphatic heterocycles. The molecular formula is C12H14F5NO. The maximum atomic E-state index is 13.2. The van der Waals surface area contributed by atoms with Gasteiger partial charge in [0.05, 0.1) is 0 Å². The zero-order valence-electron chi connectivity index (χ0n) is 10.3. The summed E-state index contributed by atoms with van der Waals surface area (Å²) in [6.07, 6.45) is 1.90. The maximum Gasteiger partial charge on any atom is 0.206 e. The smallest absolute Gasteiger partial charge is 0.206 e. The molecule has 0 fully saturated rings. The summed E-state index contributed by atoms with van der Waals surface area (Å²) in [6, 6.07) is 0. The van der Waals surface area contributed by atoms with Crippen LogP contribution in [0, 0.1) is 29.1 Å². The van der Waals surface area contributed by atoms with Crippen LogP contribution in [0.2, 0.25) is 0 Å². The topological polar surface area (TPSA) is 21.3 Å². The molecule has 1 aromatic rings. The molecule has 0 bridgehead atoms. The average molecular weight is 283 g/mol. The highest BCUT2D eigenvalue weighted by molar-refractivity contribution is 5.29. The van der Waals surface area contributed by atoms with E-state index in [4.69, 9.17) is 0 Å². The minimum atomic E-state index is -2.19. The summed E-state index contributed by atoms with van der Waals surface area (Å²) in [6.45, 7) is 2.74. The third-order valence-corrected chi connectivity index (χ3v) is 2.40. The number of hydrogen-bond acceptors (Lipinski definition) is 2. The van der Waals surface area contributed by atoms with E-state index >= 15 is 0 Å². The molecule has 1 N–H and O–H groups in total. The van der Waals surface area contributed by atoms with Crippen molar-refractivity contribution in [1.29, 1.82) is 0 Å². The van der Waals surface area contributed by atoms with Crippen LogP contribution in [0.15, 0.2) is 0 Å². The zero-order chi connectivity index (χ0) is 14.4. The first kappa shape index (κ1) is 15.7. The molecular weight excluding hydrogens is 269 g/mol. The Bertz CT molecular complexity index is 410. The molecule has 0 saturated heterocycles. The number of rotatable bonds is 7. The lowest BCUT2D eigenvalue weighted by atomic mass is 10.2. The molecule has 0 heterocycles. The Balaban J connectivity index is 2.64. The van der Waals surface area contributed by atoms with Crippen molar-refractivity contribution in [3.8, 4) is 5.75 Å². The predicted octanol–water partition coefficient (Wildman–Crippen LogP) is 3.15. The minimum Gasteiger partial charge on any atom is -0.486 e. The van der Waals surface area contributed by atoms with Gasteiger partial charge in [0.1, 0.15) is 6.61 Å². The van der Waals surface area contributed by atoms with E-state index in [2.05, 4.69) is 10.1 Å². The molecule has 2 nitrogen and oxygen atoms in total. The Labute approximate surface area is 107 Å². The first-order valence-corrected chi connectivity index (χ1v) is 5.85. The Morgan fingerprint density at radius 1 is 0.842 bits per heavy atom. The fraction of sp³-hybridized carbons (Fsp3) is 0.500. The lowest BCUT2D eigenvalue weighted by Crippen LogP contribution is -2.22. The molecule has 0 radical (unpaired) electrons. The van der Waals surface area contributed by atoms with Gasteiger partial charge in [0.15, 0.2) is 5.75 Å². The Hall–Kier alpha value is -1.37. The van der Waals surface area contributed by atoms with E-state index in [-0.39, 0.29) is 13.2 Å². The zero-order valence-corrected chi connectivity index (χ0v) is 10.3. The molecule has 7 heteroatoms. The van der Waals surface area contributed by atoms with E-state index in [1.165, 1.54) is 0 Å². The highest BCUT2D eigenvalue weighted by Gasteiger charge is 2.26. The van der Waals surface area contributed by atoms with E-state index < -0.39 is 34.8 Å². The van der Waals surface area contributed by atoms with Gasteiger partial charge in [-0.25, -0.2) is 13.2 Å². The fourth-order valence-corrected chi connectivity index (χ4v) is 1.36. The third-order valence-electron chi connectivity index (χ3n) is 2.40. The van der Waals surface area contributed by atoms with Crippen molar-refractivity contribution in [3.05, 3.63) is 29.1 Å². The second-order valence-electron chi connectivity index (χ2n) is 3.85. The van der Waals surface area contributed by atoms with Gasteiger partial charge < -0.3 is 10.1 Å². The van der Waals surface area contributed by atoms with E-state index in [9.17, 15) is 22.0 Å². The molecule has 0 unspecified atom stereocenters. The van der Waals surface area contributed by atoms with Gasteiger partial charge in [-0.3, -0.25) is 0 Å². The van der Waals surface area contributed by atoms with Gasteiger partial charge in [-0.15, -0.1) is 0 Å². The normalized spacial score (nSPS) is 10.8. The first-order valence-electron chi connectivity index (χ1n) is 5.85. The van der Waals surface area contributed by atoms with Gasteiger partial charge >= 0.3 is 0 Å². The van der Waals surface area contributed by atoms with Crippen LogP contribution in [0.1, 0.15) is 19.8 Å². The molecule has 0 atom stereocenters. The molecule has 0 saturated carbocycles. The summed E-state index contributed by atoms with van der Waals surface area (Å²) in [4.78, 5) is 0. The van der Waals surface area contributed by atoms with Crippen LogP contribution >= 0.6 is 0 Å². The van der Waals surface area contributed by atoms with E-state index in [1.807, 2.05) is 6.92 Å². The van der Waals surface area contributed by atoms with Gasteiger partial charge in [-0.2, -0.15) is 8.78 Å². The van der Waals surface area contributed by atoms with Gasteiger partial charge in [-0.05, 0) is 13.0 Å². The van der Waals surface area contributed by atoms with Gasteiger partial charge in [0.2, 0.25) is 29.1 Å². The number of halogens is 5. The second-order valence-corrected chi connectivity index (χ2v) is 3.85. The average Bonchev–Trinajstić information content (AvgIpc) is 2.41. The molecule has 19 heavy (non-hydrogen) atoms. The van der Waals surface area contributed by atoms with Crippen LogP contribution in [0.5, 0.6) is 5.75 Å². The molecule has 1 rings (SSSR count). The van der Waals surface area contributed by atoms with Crippen molar-refractivity contribution in [2.24, 2.45) is 0 Å². The SMILES string of the molecule is CCCCNCCOc1c(F)c(F)c(F)c(F)c1F. The number of benzene rings is 1. The predicted molar refractivity (Wildman–Crippen MR) is 59.5 cm³/mol. The van der Waals surface area contributed by atoms with E-state index in [1.54, 1.807) is 0 Å². The summed E-state index contributed by atoms with van der Waals surface area (Å²) in [7, 11) is 0. The van der Waals surface area contributed by atoms with Crippen LogP contribution in [0.4, 0.5) is 22.0 Å². The van der Waals surface area contributed by atoms with Crippen molar-refractivity contribution < 1.29 is 26.7 Å². The Morgan fingerprint density at radius 2 is 1.37 bits per heavy atom. The quantitative estimate of drug-likeness (QED) is 0.359. The van der Waals surface area contributed by atoms with Crippen LogP contribution in [0.25, 0.3) is 0 Å². The number of hydrogen-bond donors (Lipinski definition) is 1. The van der Waals surface area contributed by atoms with Crippen molar-refractivity contribution in [3.63, 3.8) is 0 Å². The van der Waals surface area contributed by atoms with E-state index in [0.29, 0.717) is 6.54 Å². The molecule has 0 aliphatic rings. The summed E-state index contributed by atoms with van der Waals surface area (Å²) >= 11 is 0. The second kappa shape index (κ2) is 7.28. The lowest BCUT2D eigenvalue weighted by Gasteiger charge is -2.10. The van der Waals surface area contributed by atoms with E-state index in [0.717, 1.165) is 12.8 Å². The van der Waals surface area contributed by atoms with Crippen molar-refractivity contribution in [2.45, 2.75) is 19.8 Å². The summed E-state index contributed by atoms with van der Waals surface area (Å²) in [5, 5.41) is 2.90. The van der Waals surface area contributed by atoms with Crippen LogP contribution in [-0.4, -0.2) is 19.7 Å². The summed E-state index contributed by atoms with van der Waals surface area (Å²) in [5.74, 6) is -11.4. The molecule has 1 aromatic carbocycles. The van der Waals surface area contributed by atoms with Crippen LogP contribution in [0.3, 0.4) is 0 Å². The number of unbranched alkanes of at least 4 members (excludes halogenated alkanes) is 1. The van der Waals surface area contributed by atoms with Crippen molar-refractivity contribution in [1.82, 2.24) is 5.32 Å². The maximum absolute atomic E-state index is 13.2. The Morgan fingerprint density at radius 3 is 1.89 bits per heavy atom. The summed E-state index contributed by atoms with van der Waals surface area (Å²) in [5.41, 5.74) is 0. The summed E-state index contributed by atoms with van der Waals surface area (Å²) < 4.78 is 69.3. The van der Waals surface area contributed by atoms with Crippen molar-refractivity contribution in [2.75, 3.05) is 19.7 Å². The third kappa shape index (κ3) is 3.79. The molecule has 0 aromatic heterocycles. The fourth-order valence-electron chi connectivity index (χ4n) is 1.36. The first-order chi connectivity index (χ1) is 9.00. The van der Waals surface area contributed by atoms with Crippen LogP contribution < -0.4 is 10.1 Å². The highest BCUT2D eigenvalue weighted by atomic mass is 19.2. The number of ether oxygens (including phenoxy) is 1.